The van der Waals surface area contributed by atoms with E-state index < -0.39 is 0 Å². The molecule has 0 aliphatic heterocycles. The van der Waals surface area contributed by atoms with Gasteiger partial charge in [-0.1, -0.05) is 38.1 Å². The molecule has 0 atom stereocenters. The van der Waals surface area contributed by atoms with E-state index in [0.29, 0.717) is 5.56 Å². The maximum atomic E-state index is 12.0. The number of phenols is 1. The summed E-state index contributed by atoms with van der Waals surface area (Å²) in [5, 5.41) is 11.3. The average Bonchev–Trinajstić information content (AvgIpc) is 2.29. The number of ketones is 1. The van der Waals surface area contributed by atoms with Crippen LogP contribution in [0.1, 0.15) is 24.2 Å². The molecule has 0 heterocycles. The van der Waals surface area contributed by atoms with E-state index >= 15 is 0 Å². The molecule has 0 aliphatic carbocycles. The fourth-order valence-corrected chi connectivity index (χ4v) is 1.81. The number of hydrogen-bond acceptors (Lipinski definition) is 2. The molecule has 0 amide bonds. The lowest BCUT2D eigenvalue weighted by Gasteiger charge is -2.09. The first-order chi connectivity index (χ1) is 7.61. The molecule has 0 aliphatic rings. The Morgan fingerprint density at radius 1 is 1.06 bits per heavy atom. The third-order valence-corrected chi connectivity index (χ3v) is 2.69. The Kier molecular flexibility index (Phi) is 2.65. The average molecular weight is 214 g/mol. The van der Waals surface area contributed by atoms with E-state index in [1.807, 2.05) is 38.1 Å². The van der Waals surface area contributed by atoms with Crippen molar-refractivity contribution in [2.75, 3.05) is 0 Å². The number of phenolic OH excluding ortho intramolecular Hbond substituents is 1. The number of hydrogen-bond donors (Lipinski definition) is 1. The van der Waals surface area contributed by atoms with Crippen LogP contribution in [0.5, 0.6) is 5.75 Å². The molecule has 0 fully saturated rings. The highest BCUT2D eigenvalue weighted by atomic mass is 16.3. The molecule has 2 nitrogen and oxygen atoms in total. The summed E-state index contributed by atoms with van der Waals surface area (Å²) >= 11 is 0. The van der Waals surface area contributed by atoms with Crippen molar-refractivity contribution < 1.29 is 9.90 Å². The molecule has 82 valence electrons. The quantitative estimate of drug-likeness (QED) is 0.778. The van der Waals surface area contributed by atoms with E-state index in [-0.39, 0.29) is 17.5 Å². The molecule has 0 radical (unpaired) electrons. The van der Waals surface area contributed by atoms with Gasteiger partial charge < -0.3 is 5.11 Å². The number of rotatable bonds is 2. The summed E-state index contributed by atoms with van der Waals surface area (Å²) in [4.78, 5) is 12.0. The van der Waals surface area contributed by atoms with Crippen LogP contribution in [-0.2, 0) is 0 Å². The predicted molar refractivity (Wildman–Crippen MR) is 64.8 cm³/mol. The summed E-state index contributed by atoms with van der Waals surface area (Å²) in [6, 6.07) is 10.7. The van der Waals surface area contributed by atoms with Gasteiger partial charge in [0.25, 0.3) is 0 Å². The van der Waals surface area contributed by atoms with Crippen molar-refractivity contribution in [3.63, 3.8) is 0 Å². The summed E-state index contributed by atoms with van der Waals surface area (Å²) < 4.78 is 0. The van der Waals surface area contributed by atoms with Crippen LogP contribution in [0.3, 0.4) is 0 Å². The van der Waals surface area contributed by atoms with Crippen LogP contribution >= 0.6 is 0 Å². The van der Waals surface area contributed by atoms with Gasteiger partial charge in [0, 0.05) is 16.9 Å². The number of fused-ring (bicyclic) bond motifs is 1. The maximum Gasteiger partial charge on any atom is 0.166 e. The van der Waals surface area contributed by atoms with E-state index in [9.17, 15) is 9.90 Å². The lowest BCUT2D eigenvalue weighted by Crippen LogP contribution is -2.07. The monoisotopic (exact) mass is 214 g/mol. The minimum Gasteiger partial charge on any atom is -0.507 e. The van der Waals surface area contributed by atoms with Crippen LogP contribution in [0.25, 0.3) is 10.8 Å². The number of Topliss-reactive ketones (excluding diaryl/α,β-unsaturated/α-hetero) is 1. The van der Waals surface area contributed by atoms with Gasteiger partial charge in [-0.05, 0) is 17.5 Å². The van der Waals surface area contributed by atoms with Crippen molar-refractivity contribution in [1.29, 1.82) is 0 Å². The Balaban J connectivity index is 2.72. The molecule has 0 aromatic heterocycles. The second-order valence-corrected chi connectivity index (χ2v) is 4.20. The molecule has 2 heteroatoms. The fraction of sp³-hybridized carbons (Fsp3) is 0.214. The SMILES string of the molecule is CC(C)C(=O)c1ccc(O)c2ccccc12. The van der Waals surface area contributed by atoms with Crippen LogP contribution in [-0.4, -0.2) is 10.9 Å². The zero-order chi connectivity index (χ0) is 11.7. The Labute approximate surface area is 94.5 Å². The number of benzene rings is 2. The third kappa shape index (κ3) is 1.67. The standard InChI is InChI=1S/C14H14O2/c1-9(2)14(16)12-7-8-13(15)11-6-4-3-5-10(11)12/h3-9,15H,1-2H3. The van der Waals surface area contributed by atoms with Crippen molar-refractivity contribution in [2.24, 2.45) is 5.92 Å². The highest BCUT2D eigenvalue weighted by Gasteiger charge is 2.14. The Morgan fingerprint density at radius 2 is 1.69 bits per heavy atom. The van der Waals surface area contributed by atoms with Crippen LogP contribution in [0.4, 0.5) is 0 Å². The van der Waals surface area contributed by atoms with Gasteiger partial charge in [-0.25, -0.2) is 0 Å². The van der Waals surface area contributed by atoms with Gasteiger partial charge >= 0.3 is 0 Å². The van der Waals surface area contributed by atoms with Crippen LogP contribution in [0, 0.1) is 5.92 Å². The summed E-state index contributed by atoms with van der Waals surface area (Å²) in [7, 11) is 0. The summed E-state index contributed by atoms with van der Waals surface area (Å²) in [6.45, 7) is 3.76. The minimum absolute atomic E-state index is 0.0343. The zero-order valence-electron chi connectivity index (χ0n) is 9.40. The largest absolute Gasteiger partial charge is 0.507 e. The molecule has 0 saturated heterocycles. The summed E-state index contributed by atoms with van der Waals surface area (Å²) in [5.41, 5.74) is 0.684. The maximum absolute atomic E-state index is 12.0. The summed E-state index contributed by atoms with van der Waals surface area (Å²) in [5.74, 6) is 0.292. The first kappa shape index (κ1) is 10.7. The lowest BCUT2D eigenvalue weighted by molar-refractivity contribution is 0.0941. The second-order valence-electron chi connectivity index (χ2n) is 4.20. The molecule has 0 spiro atoms. The lowest BCUT2D eigenvalue weighted by atomic mass is 9.95. The van der Waals surface area contributed by atoms with E-state index in [2.05, 4.69) is 0 Å². The Morgan fingerprint density at radius 3 is 2.31 bits per heavy atom. The number of carbonyl (C=O) groups is 1. The molecule has 0 bridgehead atoms. The highest BCUT2D eigenvalue weighted by Crippen LogP contribution is 2.28. The van der Waals surface area contributed by atoms with Gasteiger partial charge in [-0.15, -0.1) is 0 Å². The van der Waals surface area contributed by atoms with E-state index in [1.165, 1.54) is 0 Å². The third-order valence-electron chi connectivity index (χ3n) is 2.69. The van der Waals surface area contributed by atoms with E-state index in [1.54, 1.807) is 12.1 Å². The van der Waals surface area contributed by atoms with Crippen molar-refractivity contribution >= 4 is 16.6 Å². The molecule has 1 N–H and O–H groups in total. The molecule has 2 aromatic rings. The molecule has 2 rings (SSSR count). The minimum atomic E-state index is -0.0343. The predicted octanol–water partition coefficient (Wildman–Crippen LogP) is 3.38. The van der Waals surface area contributed by atoms with Crippen LogP contribution in [0.15, 0.2) is 36.4 Å². The first-order valence-electron chi connectivity index (χ1n) is 5.36. The normalized spacial score (nSPS) is 10.9. The van der Waals surface area contributed by atoms with Gasteiger partial charge in [0.15, 0.2) is 5.78 Å². The number of aromatic hydroxyl groups is 1. The molecule has 2 aromatic carbocycles. The molecular formula is C14H14O2. The van der Waals surface area contributed by atoms with Crippen LogP contribution in [0.2, 0.25) is 0 Å². The van der Waals surface area contributed by atoms with E-state index in [4.69, 9.17) is 0 Å². The topological polar surface area (TPSA) is 37.3 Å². The van der Waals surface area contributed by atoms with Gasteiger partial charge in [-0.2, -0.15) is 0 Å². The van der Waals surface area contributed by atoms with Gasteiger partial charge in [0.1, 0.15) is 5.75 Å². The molecule has 16 heavy (non-hydrogen) atoms. The van der Waals surface area contributed by atoms with Gasteiger partial charge in [0.05, 0.1) is 0 Å². The Bertz CT molecular complexity index is 541. The molecule has 0 saturated carbocycles. The Hall–Kier alpha value is -1.83. The van der Waals surface area contributed by atoms with Crippen molar-refractivity contribution in [1.82, 2.24) is 0 Å². The van der Waals surface area contributed by atoms with Crippen LogP contribution < -0.4 is 0 Å². The fourth-order valence-electron chi connectivity index (χ4n) is 1.81. The molecular weight excluding hydrogens is 200 g/mol. The molecule has 0 unspecified atom stereocenters. The van der Waals surface area contributed by atoms with E-state index in [0.717, 1.165) is 10.8 Å². The van der Waals surface area contributed by atoms with Crippen molar-refractivity contribution in [3.8, 4) is 5.75 Å². The van der Waals surface area contributed by atoms with Gasteiger partial charge in [-0.3, -0.25) is 4.79 Å². The summed E-state index contributed by atoms with van der Waals surface area (Å²) in [6.07, 6.45) is 0. The van der Waals surface area contributed by atoms with Crippen molar-refractivity contribution in [3.05, 3.63) is 42.0 Å². The van der Waals surface area contributed by atoms with Crippen molar-refractivity contribution in [2.45, 2.75) is 13.8 Å². The first-order valence-corrected chi connectivity index (χ1v) is 5.36. The van der Waals surface area contributed by atoms with Gasteiger partial charge in [0.2, 0.25) is 0 Å². The smallest absolute Gasteiger partial charge is 0.166 e. The number of carbonyl (C=O) groups excluding carboxylic acids is 1. The zero-order valence-corrected chi connectivity index (χ0v) is 9.40. The second kappa shape index (κ2) is 3.97. The highest BCUT2D eigenvalue weighted by molar-refractivity contribution is 6.10.